The lowest BCUT2D eigenvalue weighted by Crippen LogP contribution is -2.07. The molecule has 0 fully saturated rings. The van der Waals surface area contributed by atoms with Crippen LogP contribution in [0.5, 0.6) is 0 Å². The Balaban J connectivity index is 1.54. The Morgan fingerprint density at radius 1 is 0.786 bits per heavy atom. The van der Waals surface area contributed by atoms with Crippen molar-refractivity contribution in [2.45, 2.75) is 25.6 Å². The molecule has 0 amide bonds. The van der Waals surface area contributed by atoms with Gasteiger partial charge in [-0.1, -0.05) is 78.9 Å². The molecule has 0 unspecified atom stereocenters. The van der Waals surface area contributed by atoms with Gasteiger partial charge >= 0.3 is 0 Å². The van der Waals surface area contributed by atoms with Gasteiger partial charge in [-0.15, -0.1) is 0 Å². The molecule has 0 aliphatic rings. The summed E-state index contributed by atoms with van der Waals surface area (Å²) in [6.07, 6.45) is 3.72. The second-order valence-electron chi connectivity index (χ2n) is 6.91. The van der Waals surface area contributed by atoms with E-state index in [0.717, 1.165) is 24.1 Å². The Hall–Kier alpha value is -3.17. The minimum Gasteiger partial charge on any atom is -0.369 e. The van der Waals surface area contributed by atoms with Crippen LogP contribution >= 0.6 is 0 Å². The summed E-state index contributed by atoms with van der Waals surface area (Å²) < 4.78 is 6.38. The van der Waals surface area contributed by atoms with Crippen LogP contribution in [0, 0.1) is 0 Å². The molecule has 1 N–H and O–H groups in total. The average molecular weight is 368 g/mol. The number of aromatic amines is 1. The van der Waals surface area contributed by atoms with E-state index in [1.165, 1.54) is 16.7 Å². The molecule has 0 saturated carbocycles. The predicted octanol–water partition coefficient (Wildman–Crippen LogP) is 5.97. The molecular formula is C25H24N2O. The lowest BCUT2D eigenvalue weighted by Gasteiger charge is -2.19. The first kappa shape index (κ1) is 18.2. The summed E-state index contributed by atoms with van der Waals surface area (Å²) in [5, 5.41) is 7.11. The van der Waals surface area contributed by atoms with Crippen molar-refractivity contribution in [1.82, 2.24) is 10.2 Å². The van der Waals surface area contributed by atoms with Gasteiger partial charge in [0, 0.05) is 6.20 Å². The molecule has 0 aliphatic carbocycles. The van der Waals surface area contributed by atoms with Gasteiger partial charge in [-0.25, -0.2) is 0 Å². The molecule has 3 nitrogen and oxygen atoms in total. The largest absolute Gasteiger partial charge is 0.369 e. The molecule has 0 saturated heterocycles. The number of rotatable bonds is 8. The zero-order chi connectivity index (χ0) is 19.0. The van der Waals surface area contributed by atoms with E-state index in [-0.39, 0.29) is 6.10 Å². The highest BCUT2D eigenvalue weighted by Crippen LogP contribution is 2.28. The standard InChI is InChI=1S/C25H24N2O/c1-3-8-20(9-4-1)14-15-25(28-19-21-10-5-2-6-11-21)23-13-7-12-22(18-23)24-16-17-26-27-24/h1-13,16-18,25H,14-15,19H2,(H,26,27)/t25-/m1/s1. The molecule has 0 bridgehead atoms. The molecule has 1 heterocycles. The number of hydrogen-bond acceptors (Lipinski definition) is 2. The Bertz CT molecular complexity index is 922. The monoisotopic (exact) mass is 368 g/mol. The number of ether oxygens (including phenoxy) is 1. The lowest BCUT2D eigenvalue weighted by atomic mass is 9.98. The molecule has 3 heteroatoms. The summed E-state index contributed by atoms with van der Waals surface area (Å²) in [7, 11) is 0. The van der Waals surface area contributed by atoms with Crippen LogP contribution in [0.25, 0.3) is 11.3 Å². The second kappa shape index (κ2) is 9.16. The van der Waals surface area contributed by atoms with E-state index in [9.17, 15) is 0 Å². The first-order chi connectivity index (χ1) is 13.9. The molecule has 0 radical (unpaired) electrons. The van der Waals surface area contributed by atoms with Crippen LogP contribution in [-0.2, 0) is 17.8 Å². The van der Waals surface area contributed by atoms with E-state index in [4.69, 9.17) is 4.74 Å². The quantitative estimate of drug-likeness (QED) is 0.416. The number of hydrogen-bond donors (Lipinski definition) is 1. The van der Waals surface area contributed by atoms with E-state index in [1.54, 1.807) is 6.20 Å². The zero-order valence-corrected chi connectivity index (χ0v) is 15.8. The van der Waals surface area contributed by atoms with Crippen LogP contribution in [0.4, 0.5) is 0 Å². The van der Waals surface area contributed by atoms with Gasteiger partial charge in [0.15, 0.2) is 0 Å². The summed E-state index contributed by atoms with van der Waals surface area (Å²) in [5.41, 5.74) is 5.87. The van der Waals surface area contributed by atoms with Crippen molar-refractivity contribution in [2.24, 2.45) is 0 Å². The summed E-state index contributed by atoms with van der Waals surface area (Å²) >= 11 is 0. The fourth-order valence-corrected chi connectivity index (χ4v) is 3.38. The molecule has 140 valence electrons. The summed E-state index contributed by atoms with van der Waals surface area (Å²) in [5.74, 6) is 0. The summed E-state index contributed by atoms with van der Waals surface area (Å²) in [6.45, 7) is 0.606. The second-order valence-corrected chi connectivity index (χ2v) is 6.91. The highest BCUT2D eigenvalue weighted by molar-refractivity contribution is 5.59. The van der Waals surface area contributed by atoms with Gasteiger partial charge in [0.05, 0.1) is 18.4 Å². The molecule has 0 aliphatic heterocycles. The van der Waals surface area contributed by atoms with Gasteiger partial charge < -0.3 is 4.74 Å². The summed E-state index contributed by atoms with van der Waals surface area (Å²) in [4.78, 5) is 0. The van der Waals surface area contributed by atoms with Crippen molar-refractivity contribution in [3.8, 4) is 11.3 Å². The smallest absolute Gasteiger partial charge is 0.0832 e. The topological polar surface area (TPSA) is 37.9 Å². The third-order valence-corrected chi connectivity index (χ3v) is 4.90. The van der Waals surface area contributed by atoms with Gasteiger partial charge in [0.1, 0.15) is 0 Å². The highest BCUT2D eigenvalue weighted by Gasteiger charge is 2.14. The van der Waals surface area contributed by atoms with Crippen molar-refractivity contribution in [2.75, 3.05) is 0 Å². The highest BCUT2D eigenvalue weighted by atomic mass is 16.5. The van der Waals surface area contributed by atoms with E-state index >= 15 is 0 Å². The Kier molecular flexibility index (Phi) is 5.95. The number of aryl methyl sites for hydroxylation is 1. The van der Waals surface area contributed by atoms with Gasteiger partial charge in [-0.2, -0.15) is 5.10 Å². The Labute approximate surface area is 166 Å². The molecule has 3 aromatic carbocycles. The molecular weight excluding hydrogens is 344 g/mol. The molecule has 1 aromatic heterocycles. The van der Waals surface area contributed by atoms with Crippen molar-refractivity contribution in [3.05, 3.63) is 114 Å². The van der Waals surface area contributed by atoms with E-state index in [2.05, 4.69) is 89.1 Å². The molecule has 4 aromatic rings. The van der Waals surface area contributed by atoms with Crippen molar-refractivity contribution < 1.29 is 4.74 Å². The molecule has 0 spiro atoms. The summed E-state index contributed by atoms with van der Waals surface area (Å²) in [6, 6.07) is 31.5. The number of benzene rings is 3. The van der Waals surface area contributed by atoms with Gasteiger partial charge in [0.2, 0.25) is 0 Å². The molecule has 28 heavy (non-hydrogen) atoms. The first-order valence-electron chi connectivity index (χ1n) is 9.67. The van der Waals surface area contributed by atoms with E-state index in [0.29, 0.717) is 6.61 Å². The SMILES string of the molecule is c1ccc(CC[C@@H](OCc2ccccc2)c2cccc(-c3ccn[nH]3)c2)cc1. The predicted molar refractivity (Wildman–Crippen MR) is 113 cm³/mol. The normalized spacial score (nSPS) is 12.0. The number of nitrogens with zero attached hydrogens (tertiary/aromatic N) is 1. The number of nitrogens with one attached hydrogen (secondary N) is 1. The van der Waals surface area contributed by atoms with Crippen LogP contribution in [0.15, 0.2) is 97.2 Å². The number of aromatic nitrogens is 2. The van der Waals surface area contributed by atoms with Crippen LogP contribution < -0.4 is 0 Å². The third-order valence-electron chi connectivity index (χ3n) is 4.90. The first-order valence-corrected chi connectivity index (χ1v) is 9.67. The third kappa shape index (κ3) is 4.76. The van der Waals surface area contributed by atoms with Crippen LogP contribution in [0.3, 0.4) is 0 Å². The van der Waals surface area contributed by atoms with Crippen molar-refractivity contribution >= 4 is 0 Å². The van der Waals surface area contributed by atoms with Gasteiger partial charge in [-0.05, 0) is 47.2 Å². The van der Waals surface area contributed by atoms with Crippen LogP contribution in [0.2, 0.25) is 0 Å². The fraction of sp³-hybridized carbons (Fsp3) is 0.160. The van der Waals surface area contributed by atoms with Crippen LogP contribution in [-0.4, -0.2) is 10.2 Å². The average Bonchev–Trinajstić information content (AvgIpc) is 3.30. The maximum Gasteiger partial charge on any atom is 0.0832 e. The maximum atomic E-state index is 6.38. The zero-order valence-electron chi connectivity index (χ0n) is 15.8. The van der Waals surface area contributed by atoms with Gasteiger partial charge in [-0.3, -0.25) is 5.10 Å². The minimum absolute atomic E-state index is 0.0308. The Morgan fingerprint density at radius 3 is 2.25 bits per heavy atom. The lowest BCUT2D eigenvalue weighted by molar-refractivity contribution is 0.0341. The Morgan fingerprint density at radius 2 is 1.54 bits per heavy atom. The van der Waals surface area contributed by atoms with Crippen molar-refractivity contribution in [3.63, 3.8) is 0 Å². The van der Waals surface area contributed by atoms with Gasteiger partial charge in [0.25, 0.3) is 0 Å². The molecule has 4 rings (SSSR count). The van der Waals surface area contributed by atoms with Crippen molar-refractivity contribution in [1.29, 1.82) is 0 Å². The number of H-pyrrole nitrogens is 1. The van der Waals surface area contributed by atoms with E-state index in [1.807, 2.05) is 12.1 Å². The van der Waals surface area contributed by atoms with E-state index < -0.39 is 0 Å². The minimum atomic E-state index is 0.0308. The maximum absolute atomic E-state index is 6.38. The molecule has 1 atom stereocenters. The fourth-order valence-electron chi connectivity index (χ4n) is 3.38. The van der Waals surface area contributed by atoms with Crippen LogP contribution in [0.1, 0.15) is 29.2 Å².